The van der Waals surface area contributed by atoms with Gasteiger partial charge in [0, 0.05) is 18.0 Å². The van der Waals surface area contributed by atoms with Crippen LogP contribution in [0, 0.1) is 5.92 Å². The van der Waals surface area contributed by atoms with Crippen LogP contribution in [-0.4, -0.2) is 24.0 Å². The molecule has 1 aromatic rings. The second-order valence-corrected chi connectivity index (χ2v) is 7.20. The molecule has 2 heterocycles. The Balaban J connectivity index is 1.65. The average Bonchev–Trinajstić information content (AvgIpc) is 2.91. The lowest BCUT2D eigenvalue weighted by Crippen LogP contribution is -2.44. The van der Waals surface area contributed by atoms with Crippen molar-refractivity contribution in [3.63, 3.8) is 0 Å². The number of nitrogens with zero attached hydrogens (tertiary/aromatic N) is 1. The van der Waals surface area contributed by atoms with Crippen molar-refractivity contribution in [2.75, 3.05) is 13.1 Å². The Morgan fingerprint density at radius 2 is 2.20 bits per heavy atom. The molecule has 1 aromatic heterocycles. The smallest absolute Gasteiger partial charge is 0.275 e. The number of hydrogen-bond donors (Lipinski definition) is 1. The molecule has 1 aliphatic heterocycles. The number of amides is 1. The van der Waals surface area contributed by atoms with Crippen molar-refractivity contribution < 1.29 is 4.79 Å². The van der Waals surface area contributed by atoms with E-state index in [-0.39, 0.29) is 5.91 Å². The van der Waals surface area contributed by atoms with Crippen molar-refractivity contribution in [1.82, 2.24) is 10.4 Å². The van der Waals surface area contributed by atoms with Gasteiger partial charge in [-0.2, -0.15) is 0 Å². The molecule has 2 aliphatic rings. The summed E-state index contributed by atoms with van der Waals surface area (Å²) < 4.78 is 0. The molecule has 20 heavy (non-hydrogen) atoms. The van der Waals surface area contributed by atoms with Crippen molar-refractivity contribution in [2.45, 2.75) is 51.9 Å². The van der Waals surface area contributed by atoms with Gasteiger partial charge < -0.3 is 0 Å². The van der Waals surface area contributed by atoms with Gasteiger partial charge >= 0.3 is 0 Å². The largest absolute Gasteiger partial charge is 0.284 e. The molecule has 1 atom stereocenters. The number of carbonyl (C=O) groups is 1. The lowest BCUT2D eigenvalue weighted by Gasteiger charge is -2.26. The molecular weight excluding hydrogens is 268 g/mol. The number of thiophene rings is 1. The van der Waals surface area contributed by atoms with Gasteiger partial charge in [0.15, 0.2) is 0 Å². The first-order valence-corrected chi connectivity index (χ1v) is 8.75. The first-order valence-electron chi connectivity index (χ1n) is 7.93. The molecule has 1 fully saturated rings. The van der Waals surface area contributed by atoms with E-state index in [2.05, 4.69) is 23.4 Å². The van der Waals surface area contributed by atoms with Crippen LogP contribution >= 0.6 is 11.3 Å². The highest BCUT2D eigenvalue weighted by atomic mass is 32.1. The lowest BCUT2D eigenvalue weighted by atomic mass is 9.87. The molecular formula is C16H24N2OS. The van der Waals surface area contributed by atoms with Crippen LogP contribution in [0.15, 0.2) is 6.07 Å². The topological polar surface area (TPSA) is 32.3 Å². The van der Waals surface area contributed by atoms with E-state index in [1.54, 1.807) is 11.3 Å². The average molecular weight is 292 g/mol. The molecule has 0 unspecified atom stereocenters. The van der Waals surface area contributed by atoms with Gasteiger partial charge in [-0.1, -0.05) is 19.8 Å². The zero-order chi connectivity index (χ0) is 13.9. The zero-order valence-electron chi connectivity index (χ0n) is 12.3. The first-order chi connectivity index (χ1) is 9.76. The number of fused-ring (bicyclic) bond motifs is 1. The molecule has 0 aromatic carbocycles. The van der Waals surface area contributed by atoms with Crippen LogP contribution in [0.2, 0.25) is 0 Å². The Labute approximate surface area is 125 Å². The third-order valence-corrected chi connectivity index (χ3v) is 5.84. The molecule has 110 valence electrons. The monoisotopic (exact) mass is 292 g/mol. The fraction of sp³-hybridized carbons (Fsp3) is 0.688. The highest BCUT2D eigenvalue weighted by Crippen LogP contribution is 2.33. The zero-order valence-corrected chi connectivity index (χ0v) is 13.1. The SMILES string of the molecule is CC[C@H]1CCc2sc(C(=O)NN3CCCCC3)cc2C1. The molecule has 0 bridgehead atoms. The summed E-state index contributed by atoms with van der Waals surface area (Å²) >= 11 is 1.71. The van der Waals surface area contributed by atoms with E-state index in [1.165, 1.54) is 49.0 Å². The predicted octanol–water partition coefficient (Wildman–Crippen LogP) is 3.39. The summed E-state index contributed by atoms with van der Waals surface area (Å²) in [4.78, 5) is 14.7. The Bertz CT molecular complexity index is 477. The minimum atomic E-state index is 0.0966. The molecule has 0 saturated carbocycles. The van der Waals surface area contributed by atoms with Crippen molar-refractivity contribution >= 4 is 17.2 Å². The van der Waals surface area contributed by atoms with Gasteiger partial charge in [0.25, 0.3) is 5.91 Å². The summed E-state index contributed by atoms with van der Waals surface area (Å²) in [7, 11) is 0. The second kappa shape index (κ2) is 6.27. The van der Waals surface area contributed by atoms with Gasteiger partial charge in [0.05, 0.1) is 4.88 Å². The Morgan fingerprint density at radius 1 is 1.40 bits per heavy atom. The van der Waals surface area contributed by atoms with E-state index in [4.69, 9.17) is 0 Å². The lowest BCUT2D eigenvalue weighted by molar-refractivity contribution is 0.0754. The van der Waals surface area contributed by atoms with E-state index in [0.717, 1.165) is 30.3 Å². The maximum absolute atomic E-state index is 12.3. The number of piperidine rings is 1. The van der Waals surface area contributed by atoms with E-state index >= 15 is 0 Å². The van der Waals surface area contributed by atoms with Gasteiger partial charge in [-0.05, 0) is 49.7 Å². The van der Waals surface area contributed by atoms with Crippen molar-refractivity contribution in [2.24, 2.45) is 5.92 Å². The highest BCUT2D eigenvalue weighted by Gasteiger charge is 2.23. The fourth-order valence-corrected chi connectivity index (χ4v) is 4.36. The van der Waals surface area contributed by atoms with Crippen LogP contribution in [0.1, 0.15) is 59.1 Å². The third kappa shape index (κ3) is 3.07. The number of carbonyl (C=O) groups excluding carboxylic acids is 1. The number of hydrazine groups is 1. The molecule has 1 N–H and O–H groups in total. The van der Waals surface area contributed by atoms with Gasteiger partial charge in [-0.3, -0.25) is 10.2 Å². The standard InChI is InChI=1S/C16H24N2OS/c1-2-12-6-7-14-13(10-12)11-15(20-14)16(19)17-18-8-4-3-5-9-18/h11-12H,2-10H2,1H3,(H,17,19)/t12-/m0/s1. The number of aryl methyl sites for hydroxylation is 1. The van der Waals surface area contributed by atoms with Crippen molar-refractivity contribution in [1.29, 1.82) is 0 Å². The Morgan fingerprint density at radius 3 is 2.95 bits per heavy atom. The molecule has 1 saturated heterocycles. The Kier molecular flexibility index (Phi) is 4.41. The van der Waals surface area contributed by atoms with E-state index in [1.807, 2.05) is 0 Å². The quantitative estimate of drug-likeness (QED) is 0.926. The molecule has 1 aliphatic carbocycles. The number of rotatable bonds is 3. The van der Waals surface area contributed by atoms with E-state index in [9.17, 15) is 4.79 Å². The van der Waals surface area contributed by atoms with Crippen LogP contribution in [-0.2, 0) is 12.8 Å². The maximum Gasteiger partial charge on any atom is 0.275 e. The van der Waals surface area contributed by atoms with Gasteiger partial charge in [-0.15, -0.1) is 11.3 Å². The molecule has 4 heteroatoms. The minimum absolute atomic E-state index is 0.0966. The molecule has 1 amide bonds. The summed E-state index contributed by atoms with van der Waals surface area (Å²) in [5.74, 6) is 0.912. The Hall–Kier alpha value is -0.870. The van der Waals surface area contributed by atoms with Crippen LogP contribution in [0.4, 0.5) is 0 Å². The van der Waals surface area contributed by atoms with Crippen molar-refractivity contribution in [3.05, 3.63) is 21.4 Å². The molecule has 0 radical (unpaired) electrons. The fourth-order valence-electron chi connectivity index (χ4n) is 3.26. The summed E-state index contributed by atoms with van der Waals surface area (Å²) in [6.45, 7) is 4.26. The van der Waals surface area contributed by atoms with Gasteiger partial charge in [-0.25, -0.2) is 5.01 Å². The number of nitrogens with one attached hydrogen (secondary N) is 1. The molecule has 0 spiro atoms. The second-order valence-electron chi connectivity index (χ2n) is 6.06. The summed E-state index contributed by atoms with van der Waals surface area (Å²) in [5.41, 5.74) is 4.50. The predicted molar refractivity (Wildman–Crippen MR) is 83.0 cm³/mol. The summed E-state index contributed by atoms with van der Waals surface area (Å²) in [5, 5.41) is 2.08. The molecule has 3 rings (SSSR count). The van der Waals surface area contributed by atoms with Gasteiger partial charge in [0.1, 0.15) is 0 Å². The third-order valence-electron chi connectivity index (χ3n) is 4.60. The highest BCUT2D eigenvalue weighted by molar-refractivity contribution is 7.14. The van der Waals surface area contributed by atoms with Crippen LogP contribution < -0.4 is 5.43 Å². The first kappa shape index (κ1) is 14.1. The maximum atomic E-state index is 12.3. The van der Waals surface area contributed by atoms with Crippen LogP contribution in [0.5, 0.6) is 0 Å². The van der Waals surface area contributed by atoms with Crippen LogP contribution in [0.3, 0.4) is 0 Å². The van der Waals surface area contributed by atoms with Gasteiger partial charge in [0.2, 0.25) is 0 Å². The molecule has 3 nitrogen and oxygen atoms in total. The minimum Gasteiger partial charge on any atom is -0.284 e. The summed E-state index contributed by atoms with van der Waals surface area (Å²) in [6, 6.07) is 2.14. The van der Waals surface area contributed by atoms with E-state index in [0.29, 0.717) is 0 Å². The van der Waals surface area contributed by atoms with Crippen LogP contribution in [0.25, 0.3) is 0 Å². The number of hydrogen-bond acceptors (Lipinski definition) is 3. The summed E-state index contributed by atoms with van der Waals surface area (Å²) in [6.07, 6.45) is 8.55. The normalized spacial score (nSPS) is 23.4. The van der Waals surface area contributed by atoms with E-state index < -0.39 is 0 Å². The van der Waals surface area contributed by atoms with Crippen molar-refractivity contribution in [3.8, 4) is 0 Å².